The van der Waals surface area contributed by atoms with Gasteiger partial charge in [0, 0.05) is 41.5 Å². The first-order chi connectivity index (χ1) is 21.7. The Balaban J connectivity index is 1.18. The number of rotatable bonds is 11. The standard InChI is InChI=1S/C32H39Cl2N5O6/c33-19-13-23(34)22-15-26(37-24(22)14-19)32(44)39-16-18-4-3-7-21(18)27(39)30(42)38-25(12-17-8-9-35-29(17)41)28(40)31(43)36-10-11-45-20-5-1-2-6-20/h13-15,17-18,20-21,25,27,37H,1-12,16H2,(H,35,41)(H,36,43)(H,38,42)/t17-,18-,21-,25-,27-/m0/s1. The number of benzene rings is 1. The van der Waals surface area contributed by atoms with Crippen LogP contribution >= 0.6 is 23.2 Å². The van der Waals surface area contributed by atoms with E-state index in [1.54, 1.807) is 23.1 Å². The van der Waals surface area contributed by atoms with Crippen molar-refractivity contribution >= 4 is 63.5 Å². The van der Waals surface area contributed by atoms with Crippen LogP contribution in [0.15, 0.2) is 18.2 Å². The first-order valence-corrected chi connectivity index (χ1v) is 16.8. The Kier molecular flexibility index (Phi) is 9.68. The average molecular weight is 661 g/mol. The Bertz CT molecular complexity index is 1490. The second kappa shape index (κ2) is 13.7. The number of ketones is 1. The van der Waals surface area contributed by atoms with Crippen molar-refractivity contribution in [2.75, 3.05) is 26.2 Å². The van der Waals surface area contributed by atoms with Crippen molar-refractivity contribution in [3.8, 4) is 0 Å². The molecule has 1 aromatic carbocycles. The summed E-state index contributed by atoms with van der Waals surface area (Å²) in [6.07, 6.45) is 7.53. The number of hydrogen-bond acceptors (Lipinski definition) is 6. The van der Waals surface area contributed by atoms with E-state index in [9.17, 15) is 24.0 Å². The van der Waals surface area contributed by atoms with Crippen LogP contribution in [0.5, 0.6) is 0 Å². The Morgan fingerprint density at radius 1 is 1.02 bits per heavy atom. The molecule has 4 fully saturated rings. The Hall–Kier alpha value is -3.15. The van der Waals surface area contributed by atoms with Gasteiger partial charge in [0.25, 0.3) is 11.8 Å². The Morgan fingerprint density at radius 3 is 2.58 bits per heavy atom. The van der Waals surface area contributed by atoms with Crippen molar-refractivity contribution in [1.82, 2.24) is 25.8 Å². The van der Waals surface area contributed by atoms with Gasteiger partial charge in [-0.25, -0.2) is 0 Å². The maximum absolute atomic E-state index is 14.0. The van der Waals surface area contributed by atoms with Gasteiger partial charge in [0.2, 0.25) is 17.6 Å². The fraction of sp³-hybridized carbons (Fsp3) is 0.594. The van der Waals surface area contributed by atoms with Crippen LogP contribution in [-0.4, -0.2) is 83.7 Å². The van der Waals surface area contributed by atoms with Crippen LogP contribution in [0.4, 0.5) is 0 Å². The molecule has 2 saturated heterocycles. The molecule has 4 amide bonds. The highest BCUT2D eigenvalue weighted by molar-refractivity contribution is 6.39. The van der Waals surface area contributed by atoms with Crippen LogP contribution in [0.25, 0.3) is 10.9 Å². The van der Waals surface area contributed by atoms with Crippen LogP contribution < -0.4 is 16.0 Å². The molecule has 0 spiro atoms. The Labute approximate surface area is 271 Å². The molecular weight excluding hydrogens is 621 g/mol. The fourth-order valence-electron chi connectivity index (χ4n) is 7.61. The molecule has 2 aliphatic carbocycles. The third kappa shape index (κ3) is 6.85. The predicted octanol–water partition coefficient (Wildman–Crippen LogP) is 3.37. The van der Waals surface area contributed by atoms with Gasteiger partial charge in [0.1, 0.15) is 11.7 Å². The van der Waals surface area contributed by atoms with Gasteiger partial charge in [-0.3, -0.25) is 24.0 Å². The smallest absolute Gasteiger partial charge is 0.289 e. The molecule has 1 aromatic heterocycles. The summed E-state index contributed by atoms with van der Waals surface area (Å²) in [4.78, 5) is 71.4. The van der Waals surface area contributed by atoms with Crippen LogP contribution in [0.3, 0.4) is 0 Å². The lowest BCUT2D eigenvalue weighted by Crippen LogP contribution is -2.55. The molecule has 6 rings (SSSR count). The van der Waals surface area contributed by atoms with Crippen LogP contribution in [0, 0.1) is 17.8 Å². The van der Waals surface area contributed by atoms with E-state index < -0.39 is 35.6 Å². The van der Waals surface area contributed by atoms with Gasteiger partial charge in [-0.1, -0.05) is 42.5 Å². The third-order valence-electron chi connectivity index (χ3n) is 9.89. The number of aromatic nitrogens is 1. The number of Topliss-reactive ketones (excluding diaryl/α,β-unsaturated/α-hetero) is 1. The lowest BCUT2D eigenvalue weighted by molar-refractivity contribution is -0.141. The minimum absolute atomic E-state index is 0.00155. The van der Waals surface area contributed by atoms with Gasteiger partial charge in [-0.2, -0.15) is 0 Å². The fourth-order valence-corrected chi connectivity index (χ4v) is 8.16. The summed E-state index contributed by atoms with van der Waals surface area (Å²) in [6, 6.07) is 2.90. The monoisotopic (exact) mass is 659 g/mol. The van der Waals surface area contributed by atoms with E-state index in [1.165, 1.54) is 0 Å². The third-order valence-corrected chi connectivity index (χ3v) is 10.4. The molecule has 242 valence electrons. The molecule has 2 saturated carbocycles. The molecule has 45 heavy (non-hydrogen) atoms. The van der Waals surface area contributed by atoms with Gasteiger partial charge < -0.3 is 30.6 Å². The highest BCUT2D eigenvalue weighted by Crippen LogP contribution is 2.43. The normalized spacial score (nSPS) is 25.4. The minimum atomic E-state index is -1.21. The molecule has 11 nitrogen and oxygen atoms in total. The number of nitrogens with one attached hydrogen (secondary N) is 4. The number of likely N-dealkylation sites (tertiary alicyclic amines) is 1. The number of H-pyrrole nitrogens is 1. The molecule has 0 unspecified atom stereocenters. The number of ether oxygens (including phenoxy) is 1. The number of nitrogens with zero attached hydrogens (tertiary/aromatic N) is 1. The van der Waals surface area contributed by atoms with Crippen LogP contribution in [0.2, 0.25) is 10.0 Å². The molecule has 2 aromatic rings. The molecule has 3 heterocycles. The van der Waals surface area contributed by atoms with Gasteiger partial charge in [0.15, 0.2) is 0 Å². The molecule has 4 aliphatic rings. The van der Waals surface area contributed by atoms with Gasteiger partial charge in [-0.15, -0.1) is 0 Å². The number of amides is 4. The first kappa shape index (κ1) is 31.8. The van der Waals surface area contributed by atoms with Gasteiger partial charge in [-0.05, 0) is 68.6 Å². The van der Waals surface area contributed by atoms with Crippen molar-refractivity contribution in [2.45, 2.75) is 76.0 Å². The summed E-state index contributed by atoms with van der Waals surface area (Å²) in [5, 5.41) is 9.66. The summed E-state index contributed by atoms with van der Waals surface area (Å²) >= 11 is 12.5. The van der Waals surface area contributed by atoms with Crippen molar-refractivity contribution in [3.63, 3.8) is 0 Å². The number of fused-ring (bicyclic) bond motifs is 2. The molecule has 0 bridgehead atoms. The predicted molar refractivity (Wildman–Crippen MR) is 168 cm³/mol. The second-order valence-corrected chi connectivity index (χ2v) is 13.6. The van der Waals surface area contributed by atoms with E-state index in [0.29, 0.717) is 47.1 Å². The summed E-state index contributed by atoms with van der Waals surface area (Å²) < 4.78 is 5.79. The molecular formula is C32H39Cl2N5O6. The van der Waals surface area contributed by atoms with Crippen LogP contribution in [-0.2, 0) is 23.9 Å². The number of carbonyl (C=O) groups is 5. The maximum atomic E-state index is 14.0. The number of aromatic amines is 1. The highest BCUT2D eigenvalue weighted by atomic mass is 35.5. The second-order valence-electron chi connectivity index (χ2n) is 12.8. The van der Waals surface area contributed by atoms with E-state index >= 15 is 0 Å². The van der Waals surface area contributed by atoms with Crippen molar-refractivity contribution in [3.05, 3.63) is 33.9 Å². The summed E-state index contributed by atoms with van der Waals surface area (Å²) in [7, 11) is 0. The number of halogens is 2. The minimum Gasteiger partial charge on any atom is -0.376 e. The average Bonchev–Trinajstić information content (AvgIpc) is 3.83. The van der Waals surface area contributed by atoms with E-state index in [0.717, 1.165) is 44.9 Å². The van der Waals surface area contributed by atoms with E-state index in [-0.39, 0.29) is 48.4 Å². The highest BCUT2D eigenvalue weighted by Gasteiger charge is 2.50. The zero-order valence-electron chi connectivity index (χ0n) is 25.0. The number of hydrogen-bond donors (Lipinski definition) is 4. The van der Waals surface area contributed by atoms with Crippen molar-refractivity contribution in [1.29, 1.82) is 0 Å². The van der Waals surface area contributed by atoms with E-state index in [1.807, 2.05) is 0 Å². The maximum Gasteiger partial charge on any atom is 0.289 e. The summed E-state index contributed by atoms with van der Waals surface area (Å²) in [5.74, 6) is -3.16. The van der Waals surface area contributed by atoms with Crippen molar-refractivity contribution in [2.24, 2.45) is 17.8 Å². The van der Waals surface area contributed by atoms with E-state index in [4.69, 9.17) is 27.9 Å². The molecule has 4 N–H and O–H groups in total. The molecule has 13 heteroatoms. The van der Waals surface area contributed by atoms with E-state index in [2.05, 4.69) is 20.9 Å². The molecule has 0 radical (unpaired) electrons. The lowest BCUT2D eigenvalue weighted by atomic mass is 9.91. The summed E-state index contributed by atoms with van der Waals surface area (Å²) in [6.45, 7) is 1.33. The Morgan fingerprint density at radius 2 is 1.82 bits per heavy atom. The first-order valence-electron chi connectivity index (χ1n) is 16.0. The van der Waals surface area contributed by atoms with Crippen LogP contribution in [0.1, 0.15) is 68.3 Å². The SMILES string of the molecule is O=C(NCCOC1CCCC1)C(=O)[C@H](C[C@@H]1CCNC1=O)NC(=O)[C@@H]1[C@H]2CCC[C@H]2CN1C(=O)c1cc2c(Cl)cc(Cl)cc2[nH]1. The molecule has 5 atom stereocenters. The molecule has 2 aliphatic heterocycles. The topological polar surface area (TPSA) is 150 Å². The quantitative estimate of drug-likeness (QED) is 0.215. The lowest BCUT2D eigenvalue weighted by Gasteiger charge is -2.29. The van der Waals surface area contributed by atoms with Crippen molar-refractivity contribution < 1.29 is 28.7 Å². The largest absolute Gasteiger partial charge is 0.376 e. The summed E-state index contributed by atoms with van der Waals surface area (Å²) in [5.41, 5.74) is 0.887. The van der Waals surface area contributed by atoms with Gasteiger partial charge >= 0.3 is 0 Å². The number of carbonyl (C=O) groups excluding carboxylic acids is 5. The zero-order valence-corrected chi connectivity index (χ0v) is 26.6. The van der Waals surface area contributed by atoms with Gasteiger partial charge in [0.05, 0.1) is 23.8 Å². The zero-order chi connectivity index (χ0) is 31.7.